The molecule has 3 rings (SSSR count). The highest BCUT2D eigenvalue weighted by Gasteiger charge is 2.22. The molecule has 2 amide bonds. The second kappa shape index (κ2) is 6.45. The van der Waals surface area contributed by atoms with Gasteiger partial charge < -0.3 is 10.6 Å². The van der Waals surface area contributed by atoms with Crippen molar-refractivity contribution in [2.45, 2.75) is 25.7 Å². The fourth-order valence-electron chi connectivity index (χ4n) is 2.48. The smallest absolute Gasteiger partial charge is 0.263 e. The number of amides is 2. The topological polar surface area (TPSA) is 71.1 Å². The van der Waals surface area contributed by atoms with E-state index in [4.69, 9.17) is 0 Å². The van der Waals surface area contributed by atoms with Gasteiger partial charge in [-0.2, -0.15) is 0 Å². The molecule has 0 fully saturated rings. The third-order valence-electron chi connectivity index (χ3n) is 3.73. The Morgan fingerprint density at radius 3 is 2.87 bits per heavy atom. The van der Waals surface area contributed by atoms with E-state index in [1.807, 2.05) is 6.92 Å². The van der Waals surface area contributed by atoms with Crippen molar-refractivity contribution in [2.24, 2.45) is 0 Å². The maximum Gasteiger partial charge on any atom is 0.263 e. The fourth-order valence-corrected chi connectivity index (χ4v) is 3.43. The number of hydrogen-bond acceptors (Lipinski definition) is 4. The summed E-state index contributed by atoms with van der Waals surface area (Å²) in [6, 6.07) is 6.13. The Balaban J connectivity index is 1.63. The highest BCUT2D eigenvalue weighted by molar-refractivity contribution is 7.17. The maximum atomic E-state index is 12.9. The van der Waals surface area contributed by atoms with Crippen LogP contribution < -0.4 is 10.6 Å². The minimum Gasteiger partial charge on any atom is -0.351 e. The quantitative estimate of drug-likeness (QED) is 0.904. The van der Waals surface area contributed by atoms with Gasteiger partial charge in [-0.15, -0.1) is 0 Å². The Bertz CT molecular complexity index is 742. The lowest BCUT2D eigenvalue weighted by Gasteiger charge is -2.11. The van der Waals surface area contributed by atoms with Crippen LogP contribution in [-0.4, -0.2) is 23.3 Å². The predicted molar refractivity (Wildman–Crippen MR) is 86.2 cm³/mol. The van der Waals surface area contributed by atoms with Crippen LogP contribution in [0.4, 0.5) is 9.52 Å². The van der Waals surface area contributed by atoms with Gasteiger partial charge in [0.1, 0.15) is 10.7 Å². The molecule has 2 aromatic rings. The van der Waals surface area contributed by atoms with Gasteiger partial charge in [0.25, 0.3) is 5.91 Å². The highest BCUT2D eigenvalue weighted by atomic mass is 32.1. The van der Waals surface area contributed by atoms with Crippen molar-refractivity contribution in [3.05, 3.63) is 46.2 Å². The molecule has 0 radical (unpaired) electrons. The number of thiazole rings is 1. The van der Waals surface area contributed by atoms with E-state index in [2.05, 4.69) is 15.6 Å². The van der Waals surface area contributed by atoms with E-state index in [0.29, 0.717) is 23.0 Å². The Kier molecular flexibility index (Phi) is 4.38. The molecular weight excluding hydrogens is 317 g/mol. The first kappa shape index (κ1) is 15.6. The Labute approximate surface area is 136 Å². The number of carbonyl (C=O) groups excluding carboxylic acids is 2. The van der Waals surface area contributed by atoms with E-state index < -0.39 is 0 Å². The van der Waals surface area contributed by atoms with Crippen LogP contribution in [-0.2, 0) is 11.2 Å². The molecule has 0 bridgehead atoms. The van der Waals surface area contributed by atoms with Crippen molar-refractivity contribution >= 4 is 28.3 Å². The molecule has 1 unspecified atom stereocenters. The molecule has 1 aliphatic rings. The van der Waals surface area contributed by atoms with Gasteiger partial charge in [0.05, 0.1) is 5.69 Å². The number of rotatable bonds is 4. The van der Waals surface area contributed by atoms with Gasteiger partial charge in [-0.3, -0.25) is 9.59 Å². The fraction of sp³-hybridized carbons (Fsp3) is 0.312. The van der Waals surface area contributed by atoms with Gasteiger partial charge in [0.2, 0.25) is 5.91 Å². The summed E-state index contributed by atoms with van der Waals surface area (Å²) in [5.41, 5.74) is 1.64. The average molecular weight is 333 g/mol. The molecule has 7 heteroatoms. The zero-order chi connectivity index (χ0) is 16.4. The lowest BCUT2D eigenvalue weighted by molar-refractivity contribution is -0.116. The number of fused-ring (bicyclic) bond motifs is 1. The van der Waals surface area contributed by atoms with Crippen molar-refractivity contribution in [1.29, 1.82) is 0 Å². The SMILES string of the molecule is CC(CC(=O)Nc1nc2c(s1)C(=O)NCC2)c1ccc(F)cc1. The van der Waals surface area contributed by atoms with Crippen LogP contribution in [0.3, 0.4) is 0 Å². The monoisotopic (exact) mass is 333 g/mol. The highest BCUT2D eigenvalue weighted by Crippen LogP contribution is 2.26. The molecule has 0 saturated heterocycles. The van der Waals surface area contributed by atoms with Crippen LogP contribution in [0.1, 0.15) is 40.2 Å². The predicted octanol–water partition coefficient (Wildman–Crippen LogP) is 2.70. The maximum absolute atomic E-state index is 12.9. The minimum absolute atomic E-state index is 0.0338. The first-order valence-corrected chi connectivity index (χ1v) is 8.18. The number of halogens is 1. The summed E-state index contributed by atoms with van der Waals surface area (Å²) in [5, 5.41) is 5.94. The number of nitrogens with zero attached hydrogens (tertiary/aromatic N) is 1. The molecule has 2 N–H and O–H groups in total. The van der Waals surface area contributed by atoms with Crippen LogP contribution in [0.5, 0.6) is 0 Å². The molecule has 1 aromatic heterocycles. The summed E-state index contributed by atoms with van der Waals surface area (Å²) in [7, 11) is 0. The van der Waals surface area contributed by atoms with E-state index >= 15 is 0 Å². The van der Waals surface area contributed by atoms with Crippen molar-refractivity contribution in [3.8, 4) is 0 Å². The van der Waals surface area contributed by atoms with E-state index in [1.165, 1.54) is 23.5 Å². The second-order valence-corrected chi connectivity index (χ2v) is 6.50. The van der Waals surface area contributed by atoms with Crippen LogP contribution >= 0.6 is 11.3 Å². The number of aromatic nitrogens is 1. The molecule has 5 nitrogen and oxygen atoms in total. The molecule has 0 aliphatic carbocycles. The summed E-state index contributed by atoms with van der Waals surface area (Å²) in [6.45, 7) is 2.48. The van der Waals surface area contributed by atoms with E-state index in [0.717, 1.165) is 11.3 Å². The first-order valence-electron chi connectivity index (χ1n) is 7.36. The second-order valence-electron chi connectivity index (χ2n) is 5.51. The molecule has 1 atom stereocenters. The molecular formula is C16H16FN3O2S. The van der Waals surface area contributed by atoms with E-state index in [-0.39, 0.29) is 30.0 Å². The summed E-state index contributed by atoms with van der Waals surface area (Å²) in [6.07, 6.45) is 0.946. The van der Waals surface area contributed by atoms with Crippen LogP contribution in [0.2, 0.25) is 0 Å². The molecule has 1 aromatic carbocycles. The number of nitrogens with one attached hydrogen (secondary N) is 2. The van der Waals surface area contributed by atoms with Crippen molar-refractivity contribution in [2.75, 3.05) is 11.9 Å². The average Bonchev–Trinajstić information content (AvgIpc) is 2.91. The van der Waals surface area contributed by atoms with Crippen molar-refractivity contribution in [1.82, 2.24) is 10.3 Å². The van der Waals surface area contributed by atoms with Gasteiger partial charge in [0.15, 0.2) is 5.13 Å². The van der Waals surface area contributed by atoms with Crippen LogP contribution in [0.25, 0.3) is 0 Å². The molecule has 1 aliphatic heterocycles. The van der Waals surface area contributed by atoms with Crippen LogP contribution in [0.15, 0.2) is 24.3 Å². The molecule has 2 heterocycles. The molecule has 23 heavy (non-hydrogen) atoms. The summed E-state index contributed by atoms with van der Waals surface area (Å²) >= 11 is 1.19. The van der Waals surface area contributed by atoms with Gasteiger partial charge >= 0.3 is 0 Å². The standard InChI is InChI=1S/C16H16FN3O2S/c1-9(10-2-4-11(17)5-3-10)8-13(21)20-16-19-12-6-7-18-15(22)14(12)23-16/h2-5,9H,6-8H2,1H3,(H,18,22)(H,19,20,21). The lowest BCUT2D eigenvalue weighted by Crippen LogP contribution is -2.30. The molecule has 120 valence electrons. The van der Waals surface area contributed by atoms with Crippen molar-refractivity contribution < 1.29 is 14.0 Å². The third kappa shape index (κ3) is 3.56. The molecule has 0 saturated carbocycles. The van der Waals surface area contributed by atoms with Gasteiger partial charge in [-0.1, -0.05) is 30.4 Å². The zero-order valence-corrected chi connectivity index (χ0v) is 13.4. The lowest BCUT2D eigenvalue weighted by atomic mass is 9.97. The van der Waals surface area contributed by atoms with Crippen LogP contribution in [0, 0.1) is 5.82 Å². The summed E-state index contributed by atoms with van der Waals surface area (Å²) < 4.78 is 12.9. The van der Waals surface area contributed by atoms with Gasteiger partial charge in [0, 0.05) is 19.4 Å². The number of carbonyl (C=O) groups is 2. The van der Waals surface area contributed by atoms with E-state index in [1.54, 1.807) is 12.1 Å². The normalized spacial score (nSPS) is 14.8. The van der Waals surface area contributed by atoms with Gasteiger partial charge in [-0.25, -0.2) is 9.37 Å². The van der Waals surface area contributed by atoms with Crippen molar-refractivity contribution in [3.63, 3.8) is 0 Å². The first-order chi connectivity index (χ1) is 11.0. The van der Waals surface area contributed by atoms with E-state index in [9.17, 15) is 14.0 Å². The number of hydrogen-bond donors (Lipinski definition) is 2. The minimum atomic E-state index is -0.294. The summed E-state index contributed by atoms with van der Waals surface area (Å²) in [4.78, 5) is 28.7. The Morgan fingerprint density at radius 1 is 1.43 bits per heavy atom. The largest absolute Gasteiger partial charge is 0.351 e. The summed E-state index contributed by atoms with van der Waals surface area (Å²) in [5.74, 6) is -0.636. The number of anilines is 1. The molecule has 0 spiro atoms. The Hall–Kier alpha value is -2.28. The van der Waals surface area contributed by atoms with Gasteiger partial charge in [-0.05, 0) is 23.6 Å². The zero-order valence-electron chi connectivity index (χ0n) is 12.6. The number of benzene rings is 1. The third-order valence-corrected chi connectivity index (χ3v) is 4.74. The Morgan fingerprint density at radius 2 is 2.17 bits per heavy atom.